The van der Waals surface area contributed by atoms with Crippen LogP contribution in [-0.2, 0) is 0 Å². The second-order valence-corrected chi connectivity index (χ2v) is 5.82. The highest BCUT2D eigenvalue weighted by atomic mass is 19.3. The molecule has 0 radical (unpaired) electrons. The maximum absolute atomic E-state index is 12.8. The smallest absolute Gasteiger partial charge is 0.274 e. The molecule has 0 rings (SSSR count). The van der Waals surface area contributed by atoms with Gasteiger partial charge in [-0.3, -0.25) is 0 Å². The monoisotopic (exact) mass is 286 g/mol. The van der Waals surface area contributed by atoms with Gasteiger partial charge in [0.1, 0.15) is 6.10 Å². The van der Waals surface area contributed by atoms with Crippen molar-refractivity contribution in [3.63, 3.8) is 0 Å². The first-order valence-electron chi connectivity index (χ1n) is 7.15. The van der Waals surface area contributed by atoms with Gasteiger partial charge in [0, 0.05) is 6.92 Å². The average molecular weight is 286 g/mol. The largest absolute Gasteiger partial charge is 0.383 e. The molecular weight excluding hydrogens is 258 g/mol. The van der Waals surface area contributed by atoms with Crippen molar-refractivity contribution in [2.45, 2.75) is 72.3 Å². The van der Waals surface area contributed by atoms with Gasteiger partial charge in [-0.2, -0.15) is 0 Å². The van der Waals surface area contributed by atoms with E-state index in [1.54, 1.807) is 6.92 Å². The van der Waals surface area contributed by atoms with Gasteiger partial charge >= 0.3 is 0 Å². The quantitative estimate of drug-likeness (QED) is 0.590. The van der Waals surface area contributed by atoms with E-state index in [1.165, 1.54) is 17.2 Å². The molecule has 3 heteroatoms. The minimum absolute atomic E-state index is 0.702. The van der Waals surface area contributed by atoms with E-state index >= 15 is 0 Å². The molecule has 0 aromatic heterocycles. The molecule has 0 aliphatic rings. The molecule has 116 valence electrons. The highest BCUT2D eigenvalue weighted by Gasteiger charge is 2.30. The first-order chi connectivity index (χ1) is 9.12. The lowest BCUT2D eigenvalue weighted by Gasteiger charge is -2.15. The second-order valence-electron chi connectivity index (χ2n) is 5.82. The third-order valence-corrected chi connectivity index (χ3v) is 3.08. The van der Waals surface area contributed by atoms with Crippen molar-refractivity contribution >= 4 is 0 Å². The van der Waals surface area contributed by atoms with Crippen LogP contribution in [0.2, 0.25) is 0 Å². The number of hydrogen-bond acceptors (Lipinski definition) is 1. The zero-order chi connectivity index (χ0) is 15.8. The summed E-state index contributed by atoms with van der Waals surface area (Å²) in [6.07, 6.45) is 7.52. The zero-order valence-electron chi connectivity index (χ0n) is 13.3. The molecule has 0 fully saturated rings. The molecule has 0 aliphatic carbocycles. The number of allylic oxidation sites excluding steroid dienone is 5. The number of halogens is 2. The van der Waals surface area contributed by atoms with Crippen LogP contribution in [0.5, 0.6) is 0 Å². The molecule has 0 aliphatic heterocycles. The Labute approximate surface area is 122 Å². The molecule has 0 spiro atoms. The van der Waals surface area contributed by atoms with E-state index in [-0.39, 0.29) is 0 Å². The fraction of sp³-hybridized carbons (Fsp3) is 0.647. The van der Waals surface area contributed by atoms with Gasteiger partial charge in [0.05, 0.1) is 0 Å². The van der Waals surface area contributed by atoms with Crippen molar-refractivity contribution < 1.29 is 13.9 Å². The first kappa shape index (κ1) is 19.0. The fourth-order valence-electron chi connectivity index (χ4n) is 1.74. The lowest BCUT2D eigenvalue weighted by atomic mass is 10.0. The Morgan fingerprint density at radius 3 is 2.00 bits per heavy atom. The molecule has 1 atom stereocenters. The van der Waals surface area contributed by atoms with Crippen LogP contribution in [0.4, 0.5) is 8.78 Å². The van der Waals surface area contributed by atoms with Gasteiger partial charge in [-0.15, -0.1) is 0 Å². The van der Waals surface area contributed by atoms with Crippen LogP contribution in [-0.4, -0.2) is 17.1 Å². The van der Waals surface area contributed by atoms with Crippen LogP contribution in [0.3, 0.4) is 0 Å². The van der Waals surface area contributed by atoms with Crippen molar-refractivity contribution in [1.82, 2.24) is 0 Å². The Bertz CT molecular complexity index is 369. The van der Waals surface area contributed by atoms with Crippen LogP contribution in [0.25, 0.3) is 0 Å². The molecular formula is C17H28F2O. The highest BCUT2D eigenvalue weighted by Crippen LogP contribution is 2.20. The maximum atomic E-state index is 12.8. The third-order valence-electron chi connectivity index (χ3n) is 3.08. The molecule has 0 saturated carbocycles. The van der Waals surface area contributed by atoms with E-state index < -0.39 is 12.0 Å². The van der Waals surface area contributed by atoms with Crippen LogP contribution < -0.4 is 0 Å². The summed E-state index contributed by atoms with van der Waals surface area (Å²) in [6.45, 7) is 8.77. The normalized spacial score (nSPS) is 15.2. The van der Waals surface area contributed by atoms with Gasteiger partial charge in [-0.25, -0.2) is 8.78 Å². The molecule has 0 saturated heterocycles. The van der Waals surface area contributed by atoms with Crippen LogP contribution in [0, 0.1) is 0 Å². The van der Waals surface area contributed by atoms with Crippen molar-refractivity contribution in [2.75, 3.05) is 0 Å². The van der Waals surface area contributed by atoms with Crippen molar-refractivity contribution in [3.8, 4) is 0 Å². The number of aliphatic hydroxyl groups is 1. The number of rotatable bonds is 8. The summed E-state index contributed by atoms with van der Waals surface area (Å²) in [5.74, 6) is -3.07. The van der Waals surface area contributed by atoms with Gasteiger partial charge in [-0.05, 0) is 53.4 Å². The molecule has 1 nitrogen and oxygen atoms in total. The summed E-state index contributed by atoms with van der Waals surface area (Å²) in [5, 5.41) is 9.28. The molecule has 0 aromatic rings. The predicted octanol–water partition coefficient (Wildman–Crippen LogP) is 5.42. The number of alkyl halides is 2. The number of hydrogen-bond donors (Lipinski definition) is 1. The van der Waals surface area contributed by atoms with E-state index in [2.05, 4.69) is 32.9 Å². The van der Waals surface area contributed by atoms with Crippen LogP contribution in [0.15, 0.2) is 34.9 Å². The minimum atomic E-state index is -3.07. The van der Waals surface area contributed by atoms with E-state index in [9.17, 15) is 13.9 Å². The Kier molecular flexibility index (Phi) is 8.63. The summed E-state index contributed by atoms with van der Waals surface area (Å²) in [6, 6.07) is 0. The lowest BCUT2D eigenvalue weighted by Crippen LogP contribution is -2.28. The number of aliphatic hydroxyl groups excluding tert-OH is 1. The Hall–Kier alpha value is -0.960. The molecule has 0 bridgehead atoms. The third kappa shape index (κ3) is 9.90. The average Bonchev–Trinajstić information content (AvgIpc) is 2.26. The van der Waals surface area contributed by atoms with E-state index in [1.807, 2.05) is 0 Å². The Balaban J connectivity index is 4.16. The summed E-state index contributed by atoms with van der Waals surface area (Å²) in [4.78, 5) is 0. The minimum Gasteiger partial charge on any atom is -0.383 e. The standard InChI is InChI=1S/C17H28F2O/c1-13(2)8-6-9-14(3)10-7-11-15(4)12-16(20)17(5,18)19/h8,10,12,16,20H,6-7,9,11H2,1-5H3. The molecule has 20 heavy (non-hydrogen) atoms. The van der Waals surface area contributed by atoms with Gasteiger partial charge in [0.25, 0.3) is 5.92 Å². The lowest BCUT2D eigenvalue weighted by molar-refractivity contribution is -0.0705. The van der Waals surface area contributed by atoms with Crippen molar-refractivity contribution in [3.05, 3.63) is 34.9 Å². The molecule has 0 aromatic carbocycles. The maximum Gasteiger partial charge on any atom is 0.274 e. The van der Waals surface area contributed by atoms with Gasteiger partial charge in [0.2, 0.25) is 0 Å². The van der Waals surface area contributed by atoms with Gasteiger partial charge in [-0.1, -0.05) is 34.9 Å². The first-order valence-corrected chi connectivity index (χ1v) is 7.15. The fourth-order valence-corrected chi connectivity index (χ4v) is 1.74. The second kappa shape index (κ2) is 9.06. The molecule has 0 amide bonds. The molecule has 0 heterocycles. The Morgan fingerprint density at radius 2 is 1.50 bits per heavy atom. The van der Waals surface area contributed by atoms with Gasteiger partial charge in [0.15, 0.2) is 0 Å². The summed E-state index contributed by atoms with van der Waals surface area (Å²) >= 11 is 0. The van der Waals surface area contributed by atoms with Crippen molar-refractivity contribution in [1.29, 1.82) is 0 Å². The molecule has 1 N–H and O–H groups in total. The highest BCUT2D eigenvalue weighted by molar-refractivity contribution is 5.08. The van der Waals surface area contributed by atoms with Crippen LogP contribution >= 0.6 is 0 Å². The van der Waals surface area contributed by atoms with Crippen molar-refractivity contribution in [2.24, 2.45) is 0 Å². The topological polar surface area (TPSA) is 20.2 Å². The van der Waals surface area contributed by atoms with E-state index in [0.717, 1.165) is 31.8 Å². The summed E-state index contributed by atoms with van der Waals surface area (Å²) in [7, 11) is 0. The summed E-state index contributed by atoms with van der Waals surface area (Å²) < 4.78 is 25.6. The van der Waals surface area contributed by atoms with E-state index in [4.69, 9.17) is 0 Å². The molecule has 1 unspecified atom stereocenters. The van der Waals surface area contributed by atoms with E-state index in [0.29, 0.717) is 6.42 Å². The van der Waals surface area contributed by atoms with Crippen LogP contribution in [0.1, 0.15) is 60.3 Å². The zero-order valence-corrected chi connectivity index (χ0v) is 13.3. The SMILES string of the molecule is CC(C)=CCCC(C)=CCCC(C)=CC(O)C(C)(F)F. The predicted molar refractivity (Wildman–Crippen MR) is 82.0 cm³/mol. The summed E-state index contributed by atoms with van der Waals surface area (Å²) in [5.41, 5.74) is 3.44. The van der Waals surface area contributed by atoms with Gasteiger partial charge < -0.3 is 5.11 Å². The Morgan fingerprint density at radius 1 is 1.00 bits per heavy atom.